The van der Waals surface area contributed by atoms with Crippen molar-refractivity contribution in [3.8, 4) is 0 Å². The van der Waals surface area contributed by atoms with Crippen LogP contribution >= 0.6 is 0 Å². The van der Waals surface area contributed by atoms with Crippen molar-refractivity contribution in [2.75, 3.05) is 19.6 Å². The molecule has 0 aromatic carbocycles. The lowest BCUT2D eigenvalue weighted by Crippen LogP contribution is -2.48. The Bertz CT molecular complexity index is 224. The zero-order valence-electron chi connectivity index (χ0n) is 11.0. The van der Waals surface area contributed by atoms with Crippen LogP contribution in [0.15, 0.2) is 0 Å². The molecule has 0 heterocycles. The zero-order valence-corrected chi connectivity index (χ0v) is 11.0. The van der Waals surface area contributed by atoms with E-state index in [0.29, 0.717) is 6.54 Å². The van der Waals surface area contributed by atoms with Crippen LogP contribution in [0.2, 0.25) is 0 Å². The molecule has 0 atom stereocenters. The summed E-state index contributed by atoms with van der Waals surface area (Å²) in [6, 6.07) is 0. The molecule has 0 bridgehead atoms. The van der Waals surface area contributed by atoms with Crippen molar-refractivity contribution in [3.05, 3.63) is 0 Å². The molecular formula is C13H26N2O. The SMILES string of the molecule is CCN(CC1CC1)C(=O)C(CC)(CC)CN. The summed E-state index contributed by atoms with van der Waals surface area (Å²) in [6.45, 7) is 8.43. The fourth-order valence-electron chi connectivity index (χ4n) is 2.23. The highest BCUT2D eigenvalue weighted by Gasteiger charge is 2.38. The first-order valence-corrected chi connectivity index (χ1v) is 6.63. The van der Waals surface area contributed by atoms with E-state index >= 15 is 0 Å². The third-order valence-electron chi connectivity index (χ3n) is 4.04. The minimum atomic E-state index is -0.315. The molecule has 0 unspecified atom stereocenters. The number of carbonyl (C=O) groups is 1. The van der Waals surface area contributed by atoms with E-state index in [-0.39, 0.29) is 11.3 Å². The first-order valence-electron chi connectivity index (χ1n) is 6.63. The largest absolute Gasteiger partial charge is 0.342 e. The van der Waals surface area contributed by atoms with E-state index in [0.717, 1.165) is 31.8 Å². The van der Waals surface area contributed by atoms with Crippen molar-refractivity contribution >= 4 is 5.91 Å². The van der Waals surface area contributed by atoms with E-state index < -0.39 is 0 Å². The van der Waals surface area contributed by atoms with Crippen LogP contribution in [0.5, 0.6) is 0 Å². The Morgan fingerprint density at radius 3 is 2.19 bits per heavy atom. The van der Waals surface area contributed by atoms with Crippen molar-refractivity contribution in [1.82, 2.24) is 4.90 Å². The van der Waals surface area contributed by atoms with E-state index in [1.807, 2.05) is 4.90 Å². The van der Waals surface area contributed by atoms with Crippen molar-refractivity contribution in [2.24, 2.45) is 17.1 Å². The Kier molecular flexibility index (Phi) is 4.78. The molecule has 3 heteroatoms. The molecule has 1 aliphatic carbocycles. The second-order valence-electron chi connectivity index (χ2n) is 4.98. The minimum absolute atomic E-state index is 0.273. The van der Waals surface area contributed by atoms with Gasteiger partial charge in [0, 0.05) is 19.6 Å². The number of nitrogens with zero attached hydrogens (tertiary/aromatic N) is 1. The molecular weight excluding hydrogens is 200 g/mol. The second kappa shape index (κ2) is 5.67. The summed E-state index contributed by atoms with van der Waals surface area (Å²) in [5.41, 5.74) is 5.51. The van der Waals surface area contributed by atoms with Crippen molar-refractivity contribution < 1.29 is 4.79 Å². The molecule has 1 saturated carbocycles. The van der Waals surface area contributed by atoms with E-state index in [2.05, 4.69) is 20.8 Å². The maximum Gasteiger partial charge on any atom is 0.230 e. The van der Waals surface area contributed by atoms with Crippen LogP contribution in [0.3, 0.4) is 0 Å². The lowest BCUT2D eigenvalue weighted by molar-refractivity contribution is -0.142. The van der Waals surface area contributed by atoms with E-state index in [1.54, 1.807) is 0 Å². The Hall–Kier alpha value is -0.570. The van der Waals surface area contributed by atoms with Crippen molar-refractivity contribution in [2.45, 2.75) is 46.5 Å². The first-order chi connectivity index (χ1) is 7.63. The fraction of sp³-hybridized carbons (Fsp3) is 0.923. The predicted molar refractivity (Wildman–Crippen MR) is 67.0 cm³/mol. The summed E-state index contributed by atoms with van der Waals surface area (Å²) in [5.74, 6) is 1.03. The van der Waals surface area contributed by atoms with Gasteiger partial charge in [0.25, 0.3) is 0 Å². The number of hydrogen-bond acceptors (Lipinski definition) is 2. The summed E-state index contributed by atoms with van der Waals surface area (Å²) in [5, 5.41) is 0. The molecule has 0 radical (unpaired) electrons. The van der Waals surface area contributed by atoms with Gasteiger partial charge in [-0.1, -0.05) is 13.8 Å². The number of hydrogen-bond donors (Lipinski definition) is 1. The van der Waals surface area contributed by atoms with Crippen molar-refractivity contribution in [1.29, 1.82) is 0 Å². The molecule has 94 valence electrons. The van der Waals surface area contributed by atoms with Crippen LogP contribution in [0.4, 0.5) is 0 Å². The monoisotopic (exact) mass is 226 g/mol. The first kappa shape index (κ1) is 13.5. The van der Waals surface area contributed by atoms with Crippen LogP contribution in [0, 0.1) is 11.3 Å². The summed E-state index contributed by atoms with van der Waals surface area (Å²) in [4.78, 5) is 14.5. The highest BCUT2D eigenvalue weighted by molar-refractivity contribution is 5.83. The van der Waals surface area contributed by atoms with Gasteiger partial charge in [-0.05, 0) is 38.5 Å². The van der Waals surface area contributed by atoms with Gasteiger partial charge in [-0.15, -0.1) is 0 Å². The molecule has 1 amide bonds. The number of carbonyl (C=O) groups excluding carboxylic acids is 1. The zero-order chi connectivity index (χ0) is 12.2. The molecule has 1 aliphatic rings. The topological polar surface area (TPSA) is 46.3 Å². The normalized spacial score (nSPS) is 16.2. The van der Waals surface area contributed by atoms with Gasteiger partial charge in [-0.3, -0.25) is 4.79 Å². The molecule has 0 aromatic rings. The Balaban J connectivity index is 2.69. The van der Waals surface area contributed by atoms with Gasteiger partial charge in [-0.2, -0.15) is 0 Å². The average molecular weight is 226 g/mol. The number of rotatable bonds is 7. The molecule has 16 heavy (non-hydrogen) atoms. The molecule has 0 saturated heterocycles. The molecule has 0 spiro atoms. The Morgan fingerprint density at radius 2 is 1.88 bits per heavy atom. The predicted octanol–water partition coefficient (Wildman–Crippen LogP) is 2.01. The fourth-order valence-corrected chi connectivity index (χ4v) is 2.23. The van der Waals surface area contributed by atoms with Gasteiger partial charge >= 0.3 is 0 Å². The quantitative estimate of drug-likeness (QED) is 0.722. The smallest absolute Gasteiger partial charge is 0.230 e. The molecule has 0 aliphatic heterocycles. The highest BCUT2D eigenvalue weighted by Crippen LogP contribution is 2.33. The molecule has 1 rings (SSSR count). The summed E-state index contributed by atoms with van der Waals surface area (Å²) < 4.78 is 0. The Labute approximate surface area is 99.4 Å². The van der Waals surface area contributed by atoms with Crippen LogP contribution in [0.25, 0.3) is 0 Å². The lowest BCUT2D eigenvalue weighted by Gasteiger charge is -2.34. The number of amides is 1. The van der Waals surface area contributed by atoms with Gasteiger partial charge in [-0.25, -0.2) is 0 Å². The summed E-state index contributed by atoms with van der Waals surface area (Å²) in [6.07, 6.45) is 4.27. The maximum atomic E-state index is 12.5. The second-order valence-corrected chi connectivity index (χ2v) is 4.98. The van der Waals surface area contributed by atoms with E-state index in [4.69, 9.17) is 5.73 Å². The molecule has 0 aromatic heterocycles. The molecule has 3 nitrogen and oxygen atoms in total. The molecule has 2 N–H and O–H groups in total. The molecule has 1 fully saturated rings. The summed E-state index contributed by atoms with van der Waals surface area (Å²) in [7, 11) is 0. The minimum Gasteiger partial charge on any atom is -0.342 e. The van der Waals surface area contributed by atoms with Crippen LogP contribution in [-0.2, 0) is 4.79 Å². The van der Waals surface area contributed by atoms with Crippen LogP contribution < -0.4 is 5.73 Å². The van der Waals surface area contributed by atoms with Gasteiger partial charge in [0.05, 0.1) is 5.41 Å². The van der Waals surface area contributed by atoms with E-state index in [9.17, 15) is 4.79 Å². The van der Waals surface area contributed by atoms with Gasteiger partial charge in [0.2, 0.25) is 5.91 Å². The van der Waals surface area contributed by atoms with Gasteiger partial charge in [0.15, 0.2) is 0 Å². The van der Waals surface area contributed by atoms with Crippen LogP contribution in [-0.4, -0.2) is 30.4 Å². The summed E-state index contributed by atoms with van der Waals surface area (Å²) >= 11 is 0. The van der Waals surface area contributed by atoms with Crippen molar-refractivity contribution in [3.63, 3.8) is 0 Å². The third-order valence-corrected chi connectivity index (χ3v) is 4.04. The highest BCUT2D eigenvalue weighted by atomic mass is 16.2. The lowest BCUT2D eigenvalue weighted by atomic mass is 9.81. The average Bonchev–Trinajstić information content (AvgIpc) is 3.12. The third kappa shape index (κ3) is 2.76. The van der Waals surface area contributed by atoms with E-state index in [1.165, 1.54) is 12.8 Å². The van der Waals surface area contributed by atoms with Gasteiger partial charge < -0.3 is 10.6 Å². The Morgan fingerprint density at radius 1 is 1.31 bits per heavy atom. The van der Waals surface area contributed by atoms with Crippen LogP contribution in [0.1, 0.15) is 46.5 Å². The maximum absolute atomic E-state index is 12.5. The number of nitrogens with two attached hydrogens (primary N) is 1. The van der Waals surface area contributed by atoms with Gasteiger partial charge in [0.1, 0.15) is 0 Å². The standard InChI is InChI=1S/C13H26N2O/c1-4-13(5-2,10-14)12(16)15(6-3)9-11-7-8-11/h11H,4-10,14H2,1-3H3.